The fourth-order valence-corrected chi connectivity index (χ4v) is 3.91. The lowest BCUT2D eigenvalue weighted by Crippen LogP contribution is -2.28. The van der Waals surface area contributed by atoms with E-state index in [0.717, 1.165) is 21.6 Å². The lowest BCUT2D eigenvalue weighted by molar-refractivity contribution is -0.136. The van der Waals surface area contributed by atoms with Crippen molar-refractivity contribution in [3.63, 3.8) is 0 Å². The fourth-order valence-electron chi connectivity index (χ4n) is 3.91. The molecular formula is C28H25FN2O5. The lowest BCUT2D eigenvalue weighted by atomic mass is 10.0. The molecule has 8 heteroatoms. The second-order valence-corrected chi connectivity index (χ2v) is 8.19. The number of aliphatic carboxylic acids is 1. The van der Waals surface area contributed by atoms with Crippen molar-refractivity contribution in [1.82, 2.24) is 5.16 Å². The first kappa shape index (κ1) is 24.7. The van der Waals surface area contributed by atoms with Gasteiger partial charge in [0.2, 0.25) is 0 Å². The van der Waals surface area contributed by atoms with E-state index in [1.54, 1.807) is 26.0 Å². The van der Waals surface area contributed by atoms with E-state index in [1.165, 1.54) is 12.1 Å². The zero-order chi connectivity index (χ0) is 25.7. The van der Waals surface area contributed by atoms with Crippen LogP contribution in [0.4, 0.5) is 20.6 Å². The standard InChI is InChI=1S/C28H25FN2O5/c1-3-35-28(34)31(24-7-5-4-6-23(24)29)26-18(2)30-36-27(26)22-14-12-20(13-15-22)16-19-8-10-21(11-9-19)17-25(32)33/h4-15H,3,16-17H2,1-2H3,(H,32,33). The van der Waals surface area contributed by atoms with E-state index in [1.807, 2.05) is 48.5 Å². The average molecular weight is 489 g/mol. The molecule has 36 heavy (non-hydrogen) atoms. The Morgan fingerprint density at radius 1 is 0.972 bits per heavy atom. The molecule has 0 saturated carbocycles. The van der Waals surface area contributed by atoms with Gasteiger partial charge in [0.25, 0.3) is 0 Å². The summed E-state index contributed by atoms with van der Waals surface area (Å²) < 4.78 is 25.5. The Morgan fingerprint density at radius 2 is 1.58 bits per heavy atom. The third-order valence-electron chi connectivity index (χ3n) is 5.60. The number of ether oxygens (including phenoxy) is 1. The molecule has 0 radical (unpaired) electrons. The molecule has 7 nitrogen and oxygen atoms in total. The molecule has 4 aromatic rings. The maximum absolute atomic E-state index is 14.7. The minimum absolute atomic E-state index is 0.0103. The summed E-state index contributed by atoms with van der Waals surface area (Å²) in [5, 5.41) is 13.0. The molecule has 4 rings (SSSR count). The van der Waals surface area contributed by atoms with Gasteiger partial charge in [-0.1, -0.05) is 65.8 Å². The number of carbonyl (C=O) groups excluding carboxylic acids is 1. The average Bonchev–Trinajstić information content (AvgIpc) is 3.23. The Hall–Kier alpha value is -4.46. The number of rotatable bonds is 8. The largest absolute Gasteiger partial charge is 0.481 e. The third kappa shape index (κ3) is 5.43. The van der Waals surface area contributed by atoms with Gasteiger partial charge in [-0.2, -0.15) is 0 Å². The van der Waals surface area contributed by atoms with Crippen LogP contribution in [0.2, 0.25) is 0 Å². The van der Waals surface area contributed by atoms with Gasteiger partial charge in [-0.15, -0.1) is 0 Å². The number of aryl methyl sites for hydroxylation is 1. The number of anilines is 2. The van der Waals surface area contributed by atoms with Crippen LogP contribution in [0.5, 0.6) is 0 Å². The molecule has 184 valence electrons. The van der Waals surface area contributed by atoms with Crippen molar-refractivity contribution >= 4 is 23.4 Å². The molecule has 0 spiro atoms. The Morgan fingerprint density at radius 3 is 2.19 bits per heavy atom. The van der Waals surface area contributed by atoms with Crippen LogP contribution in [-0.4, -0.2) is 28.9 Å². The van der Waals surface area contributed by atoms with Gasteiger partial charge in [0.05, 0.1) is 18.7 Å². The number of carboxylic acids is 1. The van der Waals surface area contributed by atoms with Crippen LogP contribution < -0.4 is 4.90 Å². The van der Waals surface area contributed by atoms with Crippen LogP contribution in [0.1, 0.15) is 29.3 Å². The molecular weight excluding hydrogens is 463 g/mol. The topological polar surface area (TPSA) is 92.9 Å². The number of carboxylic acid groups (broad SMARTS) is 1. The van der Waals surface area contributed by atoms with Crippen LogP contribution in [0.15, 0.2) is 77.3 Å². The molecule has 1 aromatic heterocycles. The molecule has 0 aliphatic heterocycles. The summed E-state index contributed by atoms with van der Waals surface area (Å²) >= 11 is 0. The first-order chi connectivity index (χ1) is 17.4. The van der Waals surface area contributed by atoms with Crippen molar-refractivity contribution in [3.8, 4) is 11.3 Å². The number of carbonyl (C=O) groups is 2. The van der Waals surface area contributed by atoms with Crippen molar-refractivity contribution < 1.29 is 28.3 Å². The van der Waals surface area contributed by atoms with Gasteiger partial charge in [0.15, 0.2) is 5.76 Å². The number of amides is 1. The van der Waals surface area contributed by atoms with Gasteiger partial charge in [-0.25, -0.2) is 14.1 Å². The first-order valence-electron chi connectivity index (χ1n) is 11.4. The number of hydrogen-bond acceptors (Lipinski definition) is 5. The summed E-state index contributed by atoms with van der Waals surface area (Å²) in [5.41, 5.74) is 4.23. The minimum atomic E-state index is -0.864. The van der Waals surface area contributed by atoms with Crippen molar-refractivity contribution in [1.29, 1.82) is 0 Å². The number of para-hydroxylation sites is 1. The number of hydrogen-bond donors (Lipinski definition) is 1. The highest BCUT2D eigenvalue weighted by Gasteiger charge is 2.30. The maximum Gasteiger partial charge on any atom is 0.419 e. The van der Waals surface area contributed by atoms with E-state index in [2.05, 4.69) is 5.16 Å². The van der Waals surface area contributed by atoms with E-state index in [-0.39, 0.29) is 18.7 Å². The van der Waals surface area contributed by atoms with E-state index in [0.29, 0.717) is 29.1 Å². The van der Waals surface area contributed by atoms with Crippen molar-refractivity contribution in [2.45, 2.75) is 26.7 Å². The van der Waals surface area contributed by atoms with E-state index >= 15 is 0 Å². The molecule has 0 fully saturated rings. The molecule has 3 aromatic carbocycles. The van der Waals surface area contributed by atoms with Crippen LogP contribution >= 0.6 is 0 Å². The van der Waals surface area contributed by atoms with Crippen molar-refractivity contribution in [2.75, 3.05) is 11.5 Å². The molecule has 1 amide bonds. The molecule has 1 N–H and O–H groups in total. The third-order valence-corrected chi connectivity index (χ3v) is 5.60. The summed E-state index contributed by atoms with van der Waals surface area (Å²) in [6.07, 6.45) is -0.0953. The first-order valence-corrected chi connectivity index (χ1v) is 11.4. The lowest BCUT2D eigenvalue weighted by Gasteiger charge is -2.22. The normalized spacial score (nSPS) is 10.8. The summed E-state index contributed by atoms with van der Waals surface area (Å²) in [5.74, 6) is -1.13. The van der Waals surface area contributed by atoms with Crippen molar-refractivity contribution in [3.05, 3.63) is 101 Å². The van der Waals surface area contributed by atoms with Gasteiger partial charge < -0.3 is 14.4 Å². The maximum atomic E-state index is 14.7. The highest BCUT2D eigenvalue weighted by Crippen LogP contribution is 2.39. The predicted molar refractivity (Wildman–Crippen MR) is 133 cm³/mol. The Balaban J connectivity index is 1.63. The molecule has 0 aliphatic rings. The van der Waals surface area contributed by atoms with Crippen LogP contribution in [0.25, 0.3) is 11.3 Å². The SMILES string of the molecule is CCOC(=O)N(c1ccccc1F)c1c(C)noc1-c1ccc(Cc2ccc(CC(=O)O)cc2)cc1. The number of aromatic nitrogens is 1. The monoisotopic (exact) mass is 488 g/mol. The van der Waals surface area contributed by atoms with E-state index in [4.69, 9.17) is 14.4 Å². The highest BCUT2D eigenvalue weighted by atomic mass is 19.1. The highest BCUT2D eigenvalue weighted by molar-refractivity contribution is 6.00. The zero-order valence-electron chi connectivity index (χ0n) is 19.9. The molecule has 0 bridgehead atoms. The molecule has 1 heterocycles. The predicted octanol–water partition coefficient (Wildman–Crippen LogP) is 6.30. The molecule has 0 saturated heterocycles. The van der Waals surface area contributed by atoms with Crippen molar-refractivity contribution in [2.24, 2.45) is 0 Å². The fraction of sp³-hybridized carbons (Fsp3) is 0.179. The van der Waals surface area contributed by atoms with Crippen LogP contribution in [0.3, 0.4) is 0 Å². The smallest absolute Gasteiger partial charge is 0.419 e. The van der Waals surface area contributed by atoms with E-state index < -0.39 is 17.9 Å². The summed E-state index contributed by atoms with van der Waals surface area (Å²) in [6, 6.07) is 21.0. The quantitative estimate of drug-likeness (QED) is 0.313. The second-order valence-electron chi connectivity index (χ2n) is 8.19. The van der Waals surface area contributed by atoms with Crippen LogP contribution in [-0.2, 0) is 22.4 Å². The zero-order valence-corrected chi connectivity index (χ0v) is 19.9. The Labute approximate surface area is 207 Å². The van der Waals surface area contributed by atoms with Gasteiger partial charge >= 0.3 is 12.1 Å². The van der Waals surface area contributed by atoms with Gasteiger partial charge in [0, 0.05) is 5.56 Å². The summed E-state index contributed by atoms with van der Waals surface area (Å²) in [4.78, 5) is 24.9. The van der Waals surface area contributed by atoms with Gasteiger partial charge in [-0.3, -0.25) is 4.79 Å². The molecule has 0 unspecified atom stereocenters. The Bertz CT molecular complexity index is 1360. The van der Waals surface area contributed by atoms with Gasteiger partial charge in [-0.05, 0) is 49.1 Å². The molecule has 0 atom stereocenters. The Kier molecular flexibility index (Phi) is 7.44. The minimum Gasteiger partial charge on any atom is -0.481 e. The van der Waals surface area contributed by atoms with Crippen LogP contribution in [0, 0.1) is 12.7 Å². The number of halogens is 1. The number of benzene rings is 3. The number of nitrogens with zero attached hydrogens (tertiary/aromatic N) is 2. The second kappa shape index (κ2) is 10.9. The van der Waals surface area contributed by atoms with Gasteiger partial charge in [0.1, 0.15) is 17.2 Å². The van der Waals surface area contributed by atoms with E-state index in [9.17, 15) is 14.0 Å². The summed E-state index contributed by atoms with van der Waals surface area (Å²) in [6.45, 7) is 3.48. The summed E-state index contributed by atoms with van der Waals surface area (Å²) in [7, 11) is 0. The molecule has 0 aliphatic carbocycles.